The van der Waals surface area contributed by atoms with Crippen molar-refractivity contribution >= 4 is 29.4 Å². The second-order valence-electron chi connectivity index (χ2n) is 5.56. The van der Waals surface area contributed by atoms with Crippen LogP contribution in [0.25, 0.3) is 11.3 Å². The number of aryl methyl sites for hydroxylation is 2. The zero-order chi connectivity index (χ0) is 18.7. The Kier molecular flexibility index (Phi) is 5.18. The third-order valence-corrected chi connectivity index (χ3v) is 3.75. The van der Waals surface area contributed by atoms with Gasteiger partial charge in [0.1, 0.15) is 5.69 Å². The van der Waals surface area contributed by atoms with Crippen LogP contribution in [0.2, 0.25) is 5.02 Å². The Labute approximate surface area is 155 Å². The van der Waals surface area contributed by atoms with Crippen LogP contribution < -0.4 is 5.32 Å². The molecule has 0 saturated carbocycles. The van der Waals surface area contributed by atoms with Gasteiger partial charge in [0.05, 0.1) is 6.61 Å². The summed E-state index contributed by atoms with van der Waals surface area (Å²) in [4.78, 5) is 21.1. The molecule has 3 rings (SSSR count). The van der Waals surface area contributed by atoms with Gasteiger partial charge in [0.25, 0.3) is 0 Å². The van der Waals surface area contributed by atoms with Gasteiger partial charge in [-0.3, -0.25) is 5.32 Å². The van der Waals surface area contributed by atoms with Gasteiger partial charge >= 0.3 is 5.97 Å². The van der Waals surface area contributed by atoms with E-state index < -0.39 is 5.97 Å². The number of nitrogens with one attached hydrogen (secondary N) is 1. The van der Waals surface area contributed by atoms with Crippen molar-refractivity contribution in [3.8, 4) is 11.3 Å². The Morgan fingerprint density at radius 2 is 1.85 bits per heavy atom. The molecule has 0 fully saturated rings. The van der Waals surface area contributed by atoms with Crippen LogP contribution in [0.1, 0.15) is 28.7 Å². The fourth-order valence-electron chi connectivity index (χ4n) is 2.46. The van der Waals surface area contributed by atoms with E-state index in [9.17, 15) is 4.79 Å². The largest absolute Gasteiger partial charge is 0.462 e. The van der Waals surface area contributed by atoms with Gasteiger partial charge in [-0.2, -0.15) is 0 Å². The molecule has 0 aliphatic rings. The SMILES string of the molecule is CCOC(=O)c1c(-c2ccc(Cl)cc2)noc1Nc1nc(C)cc(C)n1. The van der Waals surface area contributed by atoms with Crippen molar-refractivity contribution in [1.29, 1.82) is 0 Å². The van der Waals surface area contributed by atoms with Gasteiger partial charge in [0.15, 0.2) is 5.56 Å². The fraction of sp³-hybridized carbons (Fsp3) is 0.222. The maximum absolute atomic E-state index is 12.5. The summed E-state index contributed by atoms with van der Waals surface area (Å²) in [6.07, 6.45) is 0. The number of esters is 1. The molecule has 8 heteroatoms. The topological polar surface area (TPSA) is 90.1 Å². The minimum absolute atomic E-state index is 0.124. The normalized spacial score (nSPS) is 10.6. The molecular formula is C18H17ClN4O3. The van der Waals surface area contributed by atoms with Crippen LogP contribution in [0, 0.1) is 13.8 Å². The molecule has 26 heavy (non-hydrogen) atoms. The lowest BCUT2D eigenvalue weighted by Crippen LogP contribution is -2.09. The highest BCUT2D eigenvalue weighted by Gasteiger charge is 2.26. The molecule has 0 radical (unpaired) electrons. The van der Waals surface area contributed by atoms with Crippen LogP contribution in [-0.4, -0.2) is 27.7 Å². The lowest BCUT2D eigenvalue weighted by atomic mass is 10.1. The monoisotopic (exact) mass is 372 g/mol. The molecule has 0 atom stereocenters. The highest BCUT2D eigenvalue weighted by Crippen LogP contribution is 2.31. The number of nitrogens with zero attached hydrogens (tertiary/aromatic N) is 3. The van der Waals surface area contributed by atoms with Gasteiger partial charge in [-0.05, 0) is 39.0 Å². The predicted octanol–water partition coefficient (Wildman–Crippen LogP) is 4.32. The van der Waals surface area contributed by atoms with E-state index in [2.05, 4.69) is 20.4 Å². The third-order valence-electron chi connectivity index (χ3n) is 3.50. The van der Waals surface area contributed by atoms with E-state index >= 15 is 0 Å². The summed E-state index contributed by atoms with van der Waals surface area (Å²) in [6, 6.07) is 8.76. The van der Waals surface area contributed by atoms with Gasteiger partial charge in [-0.15, -0.1) is 0 Å². The van der Waals surface area contributed by atoms with Crippen LogP contribution >= 0.6 is 11.6 Å². The Bertz CT molecular complexity index is 918. The number of rotatable bonds is 5. The smallest absolute Gasteiger partial charge is 0.346 e. The maximum atomic E-state index is 12.5. The number of halogens is 1. The summed E-state index contributed by atoms with van der Waals surface area (Å²) in [7, 11) is 0. The van der Waals surface area contributed by atoms with Gasteiger partial charge in [-0.25, -0.2) is 14.8 Å². The van der Waals surface area contributed by atoms with Gasteiger partial charge in [0.2, 0.25) is 11.8 Å². The van der Waals surface area contributed by atoms with Gasteiger partial charge < -0.3 is 9.26 Å². The molecule has 0 saturated heterocycles. The summed E-state index contributed by atoms with van der Waals surface area (Å²) >= 11 is 5.93. The van der Waals surface area contributed by atoms with E-state index in [0.29, 0.717) is 22.2 Å². The molecule has 0 amide bonds. The van der Waals surface area contributed by atoms with E-state index in [1.54, 1.807) is 31.2 Å². The predicted molar refractivity (Wildman–Crippen MR) is 97.7 cm³/mol. The zero-order valence-corrected chi connectivity index (χ0v) is 15.3. The van der Waals surface area contributed by atoms with Crippen LogP contribution in [0.4, 0.5) is 11.8 Å². The number of aromatic nitrogens is 3. The Morgan fingerprint density at radius 1 is 1.19 bits per heavy atom. The first kappa shape index (κ1) is 17.9. The summed E-state index contributed by atoms with van der Waals surface area (Å²) in [6.45, 7) is 5.66. The van der Waals surface area contributed by atoms with E-state index in [1.807, 2.05) is 19.9 Å². The molecule has 7 nitrogen and oxygen atoms in total. The summed E-state index contributed by atoms with van der Waals surface area (Å²) in [5.74, 6) is -0.115. The van der Waals surface area contributed by atoms with Crippen LogP contribution in [0.5, 0.6) is 0 Å². The molecule has 0 unspecified atom stereocenters. The lowest BCUT2D eigenvalue weighted by Gasteiger charge is -2.06. The molecule has 1 aromatic carbocycles. The number of hydrogen-bond acceptors (Lipinski definition) is 7. The average Bonchev–Trinajstić information content (AvgIpc) is 2.98. The van der Waals surface area contributed by atoms with Crippen molar-refractivity contribution in [3.05, 3.63) is 52.3 Å². The number of carbonyl (C=O) groups excluding carboxylic acids is 1. The first-order chi connectivity index (χ1) is 12.5. The Hall–Kier alpha value is -2.93. The second-order valence-corrected chi connectivity index (χ2v) is 6.00. The summed E-state index contributed by atoms with van der Waals surface area (Å²) in [5, 5.41) is 7.52. The summed E-state index contributed by atoms with van der Waals surface area (Å²) in [5.41, 5.74) is 2.78. The number of carbonyl (C=O) groups is 1. The molecular weight excluding hydrogens is 356 g/mol. The summed E-state index contributed by atoms with van der Waals surface area (Å²) < 4.78 is 10.5. The van der Waals surface area contributed by atoms with Gasteiger partial charge in [-0.1, -0.05) is 28.9 Å². The van der Waals surface area contributed by atoms with Crippen LogP contribution in [0.15, 0.2) is 34.9 Å². The first-order valence-electron chi connectivity index (χ1n) is 8.00. The second kappa shape index (κ2) is 7.53. The van der Waals surface area contributed by atoms with Crippen molar-refractivity contribution in [2.24, 2.45) is 0 Å². The minimum Gasteiger partial charge on any atom is -0.462 e. The third kappa shape index (κ3) is 3.83. The Morgan fingerprint density at radius 3 is 2.46 bits per heavy atom. The lowest BCUT2D eigenvalue weighted by molar-refractivity contribution is 0.0528. The van der Waals surface area contributed by atoms with Crippen molar-refractivity contribution < 1.29 is 14.1 Å². The highest BCUT2D eigenvalue weighted by molar-refractivity contribution is 6.30. The first-order valence-corrected chi connectivity index (χ1v) is 8.37. The molecule has 0 aliphatic heterocycles. The van der Waals surface area contributed by atoms with Crippen molar-refractivity contribution in [1.82, 2.24) is 15.1 Å². The van der Waals surface area contributed by atoms with E-state index in [1.165, 1.54) is 0 Å². The van der Waals surface area contributed by atoms with Crippen LogP contribution in [-0.2, 0) is 4.74 Å². The number of benzene rings is 1. The molecule has 2 heterocycles. The highest BCUT2D eigenvalue weighted by atomic mass is 35.5. The molecule has 3 aromatic rings. The molecule has 0 spiro atoms. The molecule has 1 N–H and O–H groups in total. The van der Waals surface area contributed by atoms with E-state index in [-0.39, 0.29) is 18.1 Å². The molecule has 0 aliphatic carbocycles. The van der Waals surface area contributed by atoms with Crippen molar-refractivity contribution in [2.75, 3.05) is 11.9 Å². The Balaban J connectivity index is 2.04. The maximum Gasteiger partial charge on any atom is 0.346 e. The number of ether oxygens (including phenoxy) is 1. The van der Waals surface area contributed by atoms with Crippen molar-refractivity contribution in [3.63, 3.8) is 0 Å². The van der Waals surface area contributed by atoms with Crippen LogP contribution in [0.3, 0.4) is 0 Å². The molecule has 2 aromatic heterocycles. The molecule has 0 bridgehead atoms. The van der Waals surface area contributed by atoms with Gasteiger partial charge in [0, 0.05) is 22.0 Å². The number of anilines is 2. The van der Waals surface area contributed by atoms with E-state index in [0.717, 1.165) is 11.4 Å². The quantitative estimate of drug-likeness (QED) is 0.667. The standard InChI is InChI=1S/C18H17ClN4O3/c1-4-25-17(24)14-15(12-5-7-13(19)8-6-12)23-26-16(14)22-18-20-10(2)9-11(3)21-18/h5-9H,4H2,1-3H3,(H,20,21,22). The molecule has 134 valence electrons. The zero-order valence-electron chi connectivity index (χ0n) is 14.5. The fourth-order valence-corrected chi connectivity index (χ4v) is 2.58. The van der Waals surface area contributed by atoms with Crippen molar-refractivity contribution in [2.45, 2.75) is 20.8 Å². The minimum atomic E-state index is -0.550. The number of hydrogen-bond donors (Lipinski definition) is 1. The average molecular weight is 373 g/mol. The van der Waals surface area contributed by atoms with E-state index in [4.69, 9.17) is 20.9 Å².